The van der Waals surface area contributed by atoms with Gasteiger partial charge >= 0.3 is 5.97 Å². The minimum absolute atomic E-state index is 0.0395. The van der Waals surface area contributed by atoms with Crippen LogP contribution in [0.25, 0.3) is 0 Å². The number of aromatic carboxylic acids is 1. The van der Waals surface area contributed by atoms with Crippen molar-refractivity contribution in [2.75, 3.05) is 5.32 Å². The third kappa shape index (κ3) is 5.05. The van der Waals surface area contributed by atoms with Gasteiger partial charge in [-0.2, -0.15) is 0 Å². The van der Waals surface area contributed by atoms with E-state index in [9.17, 15) is 9.59 Å². The molecule has 3 N–H and O–H groups in total. The molecule has 0 aliphatic carbocycles. The minimum Gasteiger partial charge on any atom is -0.478 e. The third-order valence-corrected chi connectivity index (χ3v) is 3.39. The van der Waals surface area contributed by atoms with Crippen molar-refractivity contribution < 1.29 is 14.7 Å². The summed E-state index contributed by atoms with van der Waals surface area (Å²) in [5.41, 5.74) is 1.18. The molecule has 0 spiro atoms. The Morgan fingerprint density at radius 2 is 1.74 bits per heavy atom. The van der Waals surface area contributed by atoms with Crippen LogP contribution in [0.4, 0.5) is 5.69 Å². The van der Waals surface area contributed by atoms with Crippen molar-refractivity contribution in [3.8, 4) is 0 Å². The van der Waals surface area contributed by atoms with E-state index in [1.807, 2.05) is 0 Å². The van der Waals surface area contributed by atoms with Gasteiger partial charge in [0.2, 0.25) is 5.91 Å². The first-order chi connectivity index (χ1) is 11.0. The molecule has 0 aliphatic rings. The lowest BCUT2D eigenvalue weighted by atomic mass is 10.1. The van der Waals surface area contributed by atoms with Gasteiger partial charge in [-0.1, -0.05) is 35.9 Å². The van der Waals surface area contributed by atoms with E-state index in [0.717, 1.165) is 5.56 Å². The van der Waals surface area contributed by atoms with E-state index in [-0.39, 0.29) is 23.0 Å². The largest absolute Gasteiger partial charge is 0.478 e. The average Bonchev–Trinajstić information content (AvgIpc) is 2.49. The van der Waals surface area contributed by atoms with E-state index >= 15 is 0 Å². The highest BCUT2D eigenvalue weighted by Crippen LogP contribution is 2.14. The van der Waals surface area contributed by atoms with Crippen molar-refractivity contribution >= 4 is 46.5 Å². The summed E-state index contributed by atoms with van der Waals surface area (Å²) in [6.45, 7) is 0. The van der Waals surface area contributed by atoms with Gasteiger partial charge in [0.1, 0.15) is 0 Å². The molecule has 0 saturated carbocycles. The third-order valence-electron chi connectivity index (χ3n) is 2.94. The number of nitrogens with one attached hydrogen (secondary N) is 2. The molecule has 0 fully saturated rings. The van der Waals surface area contributed by atoms with Crippen molar-refractivity contribution in [3.63, 3.8) is 0 Å². The second kappa shape index (κ2) is 7.71. The maximum Gasteiger partial charge on any atom is 0.337 e. The summed E-state index contributed by atoms with van der Waals surface area (Å²) < 4.78 is 0. The molecule has 0 aromatic heterocycles. The highest BCUT2D eigenvalue weighted by molar-refractivity contribution is 7.80. The van der Waals surface area contributed by atoms with E-state index in [1.165, 1.54) is 6.07 Å². The molecule has 1 amide bonds. The number of hydrogen-bond donors (Lipinski definition) is 3. The average molecular weight is 349 g/mol. The van der Waals surface area contributed by atoms with E-state index in [1.54, 1.807) is 42.5 Å². The molecule has 0 bridgehead atoms. The zero-order valence-electron chi connectivity index (χ0n) is 11.9. The van der Waals surface area contributed by atoms with Crippen LogP contribution in [-0.2, 0) is 11.2 Å². The topological polar surface area (TPSA) is 78.4 Å². The van der Waals surface area contributed by atoms with Crippen LogP contribution in [0.3, 0.4) is 0 Å². The van der Waals surface area contributed by atoms with Crippen molar-refractivity contribution in [1.29, 1.82) is 0 Å². The number of carbonyl (C=O) groups is 2. The van der Waals surface area contributed by atoms with Crippen LogP contribution in [-0.4, -0.2) is 22.1 Å². The van der Waals surface area contributed by atoms with Gasteiger partial charge in [0.15, 0.2) is 5.11 Å². The Labute approximate surface area is 143 Å². The molecule has 0 saturated heterocycles. The van der Waals surface area contributed by atoms with Gasteiger partial charge < -0.3 is 15.7 Å². The van der Waals surface area contributed by atoms with Gasteiger partial charge in [-0.3, -0.25) is 4.79 Å². The molecule has 0 atom stereocenters. The molecule has 0 aliphatic heterocycles. The van der Waals surface area contributed by atoms with Crippen LogP contribution in [0.5, 0.6) is 0 Å². The van der Waals surface area contributed by atoms with Gasteiger partial charge in [-0.25, -0.2) is 4.79 Å². The van der Waals surface area contributed by atoms with Crippen molar-refractivity contribution in [2.45, 2.75) is 6.42 Å². The van der Waals surface area contributed by atoms with E-state index < -0.39 is 5.97 Å². The lowest BCUT2D eigenvalue weighted by Crippen LogP contribution is -2.35. The quantitative estimate of drug-likeness (QED) is 0.740. The fourth-order valence-corrected chi connectivity index (χ4v) is 2.24. The number of rotatable bonds is 4. The lowest BCUT2D eigenvalue weighted by Gasteiger charge is -2.11. The summed E-state index contributed by atoms with van der Waals surface area (Å²) >= 11 is 10.8. The summed E-state index contributed by atoms with van der Waals surface area (Å²) in [6.07, 6.45) is 0.138. The minimum atomic E-state index is -1.08. The number of benzene rings is 2. The number of para-hydroxylation sites is 1. The van der Waals surface area contributed by atoms with Crippen molar-refractivity contribution in [1.82, 2.24) is 5.32 Å². The number of hydrogen-bond acceptors (Lipinski definition) is 3. The SMILES string of the molecule is O=C(Cc1ccc(Cl)cc1)NC(=S)Nc1ccccc1C(=O)O. The molecule has 0 unspecified atom stereocenters. The summed E-state index contributed by atoms with van der Waals surface area (Å²) in [7, 11) is 0. The van der Waals surface area contributed by atoms with Gasteiger partial charge in [-0.15, -0.1) is 0 Å². The molecular formula is C16H13ClN2O3S. The first-order valence-corrected chi connectivity index (χ1v) is 7.42. The number of carboxylic acid groups (broad SMARTS) is 1. The summed E-state index contributed by atoms with van der Waals surface area (Å²) in [4.78, 5) is 23.0. The zero-order chi connectivity index (χ0) is 16.8. The van der Waals surface area contributed by atoms with Crippen LogP contribution >= 0.6 is 23.8 Å². The maximum atomic E-state index is 11.9. The van der Waals surface area contributed by atoms with Crippen LogP contribution in [0.1, 0.15) is 15.9 Å². The molecule has 2 rings (SSSR count). The second-order valence-corrected chi connectivity index (χ2v) is 5.50. The number of carboxylic acids is 1. The number of halogens is 1. The number of carbonyl (C=O) groups excluding carboxylic acids is 1. The van der Waals surface area contributed by atoms with Gasteiger partial charge in [-0.05, 0) is 42.0 Å². The fraction of sp³-hybridized carbons (Fsp3) is 0.0625. The standard InChI is InChI=1S/C16H13ClN2O3S/c17-11-7-5-10(6-8-11)9-14(20)19-16(23)18-13-4-2-1-3-12(13)15(21)22/h1-8H,9H2,(H,21,22)(H2,18,19,20,23). The monoisotopic (exact) mass is 348 g/mol. The second-order valence-electron chi connectivity index (χ2n) is 4.66. The Balaban J connectivity index is 1.95. The Kier molecular flexibility index (Phi) is 5.67. The summed E-state index contributed by atoms with van der Waals surface area (Å²) in [6, 6.07) is 13.2. The lowest BCUT2D eigenvalue weighted by molar-refractivity contribution is -0.119. The van der Waals surface area contributed by atoms with Gasteiger partial charge in [0, 0.05) is 5.02 Å². The molecule has 5 nitrogen and oxygen atoms in total. The number of anilines is 1. The normalized spacial score (nSPS) is 9.96. The fourth-order valence-electron chi connectivity index (χ4n) is 1.89. The van der Waals surface area contributed by atoms with E-state index in [2.05, 4.69) is 10.6 Å². The molecule has 0 radical (unpaired) electrons. The van der Waals surface area contributed by atoms with Crippen LogP contribution in [0, 0.1) is 0 Å². The maximum absolute atomic E-state index is 11.9. The summed E-state index contributed by atoms with van der Waals surface area (Å²) in [5.74, 6) is -1.39. The highest BCUT2D eigenvalue weighted by Gasteiger charge is 2.11. The predicted molar refractivity (Wildman–Crippen MR) is 92.9 cm³/mol. The van der Waals surface area contributed by atoms with Crippen molar-refractivity contribution in [3.05, 3.63) is 64.7 Å². The predicted octanol–water partition coefficient (Wildman–Crippen LogP) is 3.09. The molecule has 2 aromatic rings. The molecular weight excluding hydrogens is 336 g/mol. The van der Waals surface area contributed by atoms with Crippen LogP contribution in [0.15, 0.2) is 48.5 Å². The van der Waals surface area contributed by atoms with E-state index in [4.69, 9.17) is 28.9 Å². The highest BCUT2D eigenvalue weighted by atomic mass is 35.5. The van der Waals surface area contributed by atoms with Crippen LogP contribution < -0.4 is 10.6 Å². The molecule has 7 heteroatoms. The smallest absolute Gasteiger partial charge is 0.337 e. The Morgan fingerprint density at radius 1 is 1.09 bits per heavy atom. The first kappa shape index (κ1) is 16.9. The molecule has 2 aromatic carbocycles. The molecule has 23 heavy (non-hydrogen) atoms. The number of thiocarbonyl (C=S) groups is 1. The van der Waals surface area contributed by atoms with Gasteiger partial charge in [0.25, 0.3) is 0 Å². The van der Waals surface area contributed by atoms with E-state index in [0.29, 0.717) is 10.7 Å². The molecule has 118 valence electrons. The zero-order valence-corrected chi connectivity index (χ0v) is 13.4. The first-order valence-electron chi connectivity index (χ1n) is 6.63. The summed E-state index contributed by atoms with van der Waals surface area (Å²) in [5, 5.41) is 15.0. The van der Waals surface area contributed by atoms with Crippen LogP contribution in [0.2, 0.25) is 5.02 Å². The molecule has 0 heterocycles. The van der Waals surface area contributed by atoms with Crippen molar-refractivity contribution in [2.24, 2.45) is 0 Å². The number of amides is 1. The Bertz CT molecular complexity index is 747. The Morgan fingerprint density at radius 3 is 2.39 bits per heavy atom. The Hall–Kier alpha value is -2.44. The van der Waals surface area contributed by atoms with Gasteiger partial charge in [0.05, 0.1) is 17.7 Å².